The van der Waals surface area contributed by atoms with Crippen molar-refractivity contribution in [1.29, 1.82) is 0 Å². The first-order valence-electron chi connectivity index (χ1n) is 6.50. The molecular formula is C15H10ClF2N3OS. The Morgan fingerprint density at radius 3 is 2.57 bits per heavy atom. The highest BCUT2D eigenvalue weighted by Crippen LogP contribution is 2.31. The SMILES string of the molecule is Cc1csc(Nc2cc(Oc3c(F)cccc3F)cc(Cl)n2)n1. The number of benzene rings is 1. The smallest absolute Gasteiger partial charge is 0.198 e. The minimum atomic E-state index is -0.803. The number of aromatic nitrogens is 2. The van der Waals surface area contributed by atoms with Crippen LogP contribution in [-0.2, 0) is 0 Å². The van der Waals surface area contributed by atoms with Crippen molar-refractivity contribution in [3.05, 3.63) is 58.2 Å². The highest BCUT2D eigenvalue weighted by molar-refractivity contribution is 7.13. The zero-order chi connectivity index (χ0) is 16.4. The first-order chi connectivity index (χ1) is 11.0. The van der Waals surface area contributed by atoms with Crippen molar-refractivity contribution in [2.24, 2.45) is 0 Å². The van der Waals surface area contributed by atoms with E-state index in [1.54, 1.807) is 0 Å². The number of hydrogen-bond donors (Lipinski definition) is 1. The average Bonchev–Trinajstić information content (AvgIpc) is 2.88. The maximum Gasteiger partial charge on any atom is 0.198 e. The summed E-state index contributed by atoms with van der Waals surface area (Å²) in [6.45, 7) is 1.86. The van der Waals surface area contributed by atoms with Gasteiger partial charge < -0.3 is 10.1 Å². The first-order valence-corrected chi connectivity index (χ1v) is 7.75. The second-order valence-electron chi connectivity index (χ2n) is 4.58. The molecule has 1 N–H and O–H groups in total. The maximum absolute atomic E-state index is 13.6. The van der Waals surface area contributed by atoms with Crippen LogP contribution in [0, 0.1) is 18.6 Å². The van der Waals surface area contributed by atoms with Crippen molar-refractivity contribution in [2.45, 2.75) is 6.92 Å². The first kappa shape index (κ1) is 15.6. The van der Waals surface area contributed by atoms with Crippen molar-refractivity contribution in [1.82, 2.24) is 9.97 Å². The van der Waals surface area contributed by atoms with E-state index >= 15 is 0 Å². The third-order valence-corrected chi connectivity index (χ3v) is 3.83. The van der Waals surface area contributed by atoms with Gasteiger partial charge in [0.1, 0.15) is 16.7 Å². The lowest BCUT2D eigenvalue weighted by molar-refractivity contribution is 0.407. The largest absolute Gasteiger partial charge is 0.451 e. The Morgan fingerprint density at radius 2 is 1.91 bits per heavy atom. The van der Waals surface area contributed by atoms with Crippen LogP contribution in [0.5, 0.6) is 11.5 Å². The number of nitrogens with one attached hydrogen (secondary N) is 1. The summed E-state index contributed by atoms with van der Waals surface area (Å²) in [6.07, 6.45) is 0. The van der Waals surface area contributed by atoms with Gasteiger partial charge in [-0.25, -0.2) is 18.7 Å². The van der Waals surface area contributed by atoms with Gasteiger partial charge in [0.2, 0.25) is 0 Å². The molecule has 0 fully saturated rings. The summed E-state index contributed by atoms with van der Waals surface area (Å²) in [6, 6.07) is 6.33. The van der Waals surface area contributed by atoms with Crippen LogP contribution in [0.4, 0.5) is 19.7 Å². The monoisotopic (exact) mass is 353 g/mol. The van der Waals surface area contributed by atoms with E-state index < -0.39 is 17.4 Å². The molecule has 0 bridgehead atoms. The van der Waals surface area contributed by atoms with E-state index in [2.05, 4.69) is 15.3 Å². The van der Waals surface area contributed by atoms with E-state index in [1.165, 1.54) is 29.5 Å². The maximum atomic E-state index is 13.6. The second kappa shape index (κ2) is 6.47. The van der Waals surface area contributed by atoms with Crippen LogP contribution in [0.2, 0.25) is 5.15 Å². The molecular weight excluding hydrogens is 344 g/mol. The highest BCUT2D eigenvalue weighted by atomic mass is 35.5. The van der Waals surface area contributed by atoms with Gasteiger partial charge in [-0.3, -0.25) is 0 Å². The zero-order valence-corrected chi connectivity index (χ0v) is 13.4. The Balaban J connectivity index is 1.88. The number of halogens is 3. The van der Waals surface area contributed by atoms with Crippen molar-refractivity contribution >= 4 is 33.9 Å². The Hall–Kier alpha value is -2.25. The number of para-hydroxylation sites is 1. The van der Waals surface area contributed by atoms with Gasteiger partial charge in [0.15, 0.2) is 22.5 Å². The third-order valence-electron chi connectivity index (χ3n) is 2.76. The molecule has 0 amide bonds. The van der Waals surface area contributed by atoms with Crippen LogP contribution in [0.3, 0.4) is 0 Å². The van der Waals surface area contributed by atoms with Crippen molar-refractivity contribution in [3.63, 3.8) is 0 Å². The van der Waals surface area contributed by atoms with Crippen molar-refractivity contribution < 1.29 is 13.5 Å². The van der Waals surface area contributed by atoms with E-state index in [0.29, 0.717) is 10.9 Å². The third kappa shape index (κ3) is 3.75. The van der Waals surface area contributed by atoms with E-state index in [1.807, 2.05) is 12.3 Å². The van der Waals surface area contributed by atoms with E-state index in [-0.39, 0.29) is 10.9 Å². The van der Waals surface area contributed by atoms with Crippen LogP contribution in [0.1, 0.15) is 5.69 Å². The molecule has 0 aliphatic rings. The summed E-state index contributed by atoms with van der Waals surface area (Å²) >= 11 is 7.33. The molecule has 3 aromatic rings. The molecule has 0 saturated carbocycles. The lowest BCUT2D eigenvalue weighted by Gasteiger charge is -2.10. The van der Waals surface area contributed by atoms with E-state index in [9.17, 15) is 8.78 Å². The van der Waals surface area contributed by atoms with Crippen LogP contribution >= 0.6 is 22.9 Å². The fourth-order valence-electron chi connectivity index (χ4n) is 1.82. The van der Waals surface area contributed by atoms with Gasteiger partial charge >= 0.3 is 0 Å². The normalized spacial score (nSPS) is 10.6. The number of hydrogen-bond acceptors (Lipinski definition) is 5. The zero-order valence-electron chi connectivity index (χ0n) is 11.8. The fourth-order valence-corrected chi connectivity index (χ4v) is 2.71. The molecule has 0 unspecified atom stereocenters. The molecule has 4 nitrogen and oxygen atoms in total. The predicted octanol–water partition coefficient (Wildman–Crippen LogP) is 5.31. The summed E-state index contributed by atoms with van der Waals surface area (Å²) in [7, 11) is 0. The number of nitrogens with zero attached hydrogens (tertiary/aromatic N) is 2. The van der Waals surface area contributed by atoms with Crippen LogP contribution in [0.25, 0.3) is 0 Å². The molecule has 8 heteroatoms. The number of pyridine rings is 1. The molecule has 0 saturated heterocycles. The summed E-state index contributed by atoms with van der Waals surface area (Å²) in [5, 5.41) is 5.59. The minimum Gasteiger partial charge on any atom is -0.451 e. The summed E-state index contributed by atoms with van der Waals surface area (Å²) < 4.78 is 32.6. The number of thiazole rings is 1. The quantitative estimate of drug-likeness (QED) is 0.645. The number of anilines is 2. The molecule has 0 spiro atoms. The van der Waals surface area contributed by atoms with Gasteiger partial charge in [0, 0.05) is 17.5 Å². The van der Waals surface area contributed by atoms with Gasteiger partial charge in [0.05, 0.1) is 5.69 Å². The molecule has 0 atom stereocenters. The Morgan fingerprint density at radius 1 is 1.17 bits per heavy atom. The van der Waals surface area contributed by atoms with Crippen LogP contribution in [-0.4, -0.2) is 9.97 Å². The second-order valence-corrected chi connectivity index (χ2v) is 5.83. The van der Waals surface area contributed by atoms with Gasteiger partial charge in [-0.2, -0.15) is 0 Å². The van der Waals surface area contributed by atoms with Crippen LogP contribution in [0.15, 0.2) is 35.7 Å². The van der Waals surface area contributed by atoms with E-state index in [0.717, 1.165) is 17.8 Å². The Labute approximate surface area is 139 Å². The number of rotatable bonds is 4. The molecule has 118 valence electrons. The van der Waals surface area contributed by atoms with Gasteiger partial charge in [-0.15, -0.1) is 11.3 Å². The van der Waals surface area contributed by atoms with Crippen molar-refractivity contribution in [3.8, 4) is 11.5 Å². The van der Waals surface area contributed by atoms with Crippen LogP contribution < -0.4 is 10.1 Å². The van der Waals surface area contributed by atoms with Gasteiger partial charge in [-0.1, -0.05) is 17.7 Å². The lowest BCUT2D eigenvalue weighted by Crippen LogP contribution is -1.96. The summed E-state index contributed by atoms with van der Waals surface area (Å²) in [5.41, 5.74) is 0.865. The number of aryl methyl sites for hydroxylation is 1. The Kier molecular flexibility index (Phi) is 4.40. The summed E-state index contributed by atoms with van der Waals surface area (Å²) in [5.74, 6) is -1.58. The van der Waals surface area contributed by atoms with E-state index in [4.69, 9.17) is 16.3 Å². The Bertz CT molecular complexity index is 836. The highest BCUT2D eigenvalue weighted by Gasteiger charge is 2.12. The molecule has 2 heterocycles. The minimum absolute atomic E-state index is 0.120. The molecule has 1 aromatic carbocycles. The lowest BCUT2D eigenvalue weighted by atomic mass is 10.3. The molecule has 2 aromatic heterocycles. The molecule has 0 radical (unpaired) electrons. The molecule has 3 rings (SSSR count). The van der Waals surface area contributed by atoms with Gasteiger partial charge in [0.25, 0.3) is 0 Å². The predicted molar refractivity (Wildman–Crippen MR) is 85.8 cm³/mol. The van der Waals surface area contributed by atoms with Gasteiger partial charge in [-0.05, 0) is 19.1 Å². The van der Waals surface area contributed by atoms with Crippen molar-refractivity contribution in [2.75, 3.05) is 5.32 Å². The molecule has 0 aliphatic heterocycles. The standard InChI is InChI=1S/C15H10ClF2N3OS/c1-8-7-23-15(19-8)21-13-6-9(5-12(16)20-13)22-14-10(17)3-2-4-11(14)18/h2-7H,1H3,(H,19,20,21). The average molecular weight is 354 g/mol. The summed E-state index contributed by atoms with van der Waals surface area (Å²) in [4.78, 5) is 8.32. The molecule has 0 aliphatic carbocycles. The number of ether oxygens (including phenoxy) is 1. The topological polar surface area (TPSA) is 47.0 Å². The fraction of sp³-hybridized carbons (Fsp3) is 0.0667. The molecule has 23 heavy (non-hydrogen) atoms.